The van der Waals surface area contributed by atoms with Gasteiger partial charge in [-0.1, -0.05) is 47.5 Å². The summed E-state index contributed by atoms with van der Waals surface area (Å²) in [6.45, 7) is 20.2. The van der Waals surface area contributed by atoms with Crippen LogP contribution in [-0.4, -0.2) is 60.2 Å². The molecule has 37 heavy (non-hydrogen) atoms. The number of hydrogen-bond acceptors (Lipinski definition) is 5. The second kappa shape index (κ2) is 10.9. The molecule has 0 unspecified atom stereocenters. The Bertz CT molecular complexity index is 1190. The van der Waals surface area contributed by atoms with E-state index in [0.29, 0.717) is 53.1 Å². The van der Waals surface area contributed by atoms with Gasteiger partial charge < -0.3 is 25.1 Å². The van der Waals surface area contributed by atoms with Gasteiger partial charge in [0, 0.05) is 29.4 Å². The number of hydrogen-bond donors (Lipinski definition) is 2. The van der Waals surface area contributed by atoms with E-state index in [1.54, 1.807) is 4.90 Å². The number of pyridine rings is 1. The number of fused-ring (bicyclic) bond motifs is 1. The molecule has 9 heteroatoms. The van der Waals surface area contributed by atoms with Gasteiger partial charge >= 0.3 is 6.09 Å². The van der Waals surface area contributed by atoms with Crippen molar-refractivity contribution < 1.29 is 19.1 Å². The molecule has 0 aliphatic carbocycles. The van der Waals surface area contributed by atoms with Crippen LogP contribution in [0.3, 0.4) is 0 Å². The van der Waals surface area contributed by atoms with Gasteiger partial charge in [0.15, 0.2) is 0 Å². The molecule has 3 rings (SSSR count). The Morgan fingerprint density at radius 2 is 1.81 bits per heavy atom. The van der Waals surface area contributed by atoms with Gasteiger partial charge in [0.05, 0.1) is 18.7 Å². The van der Waals surface area contributed by atoms with Crippen molar-refractivity contribution in [2.45, 2.75) is 90.6 Å². The zero-order chi connectivity index (χ0) is 27.7. The molecular formula is C28H42N4O4Si. The molecule has 8 nitrogen and oxygen atoms in total. The topological polar surface area (TPSA) is 111 Å². The first-order valence-electron chi connectivity index (χ1n) is 13.1. The number of carbonyl (C=O) groups excluding carboxylic acids is 2. The van der Waals surface area contributed by atoms with E-state index >= 15 is 0 Å². The number of nitrogens with two attached hydrogens (primary N) is 1. The smallest absolute Gasteiger partial charge is 0.410 e. The molecule has 0 aromatic carbocycles. The normalized spacial score (nSPS) is 16.9. The van der Waals surface area contributed by atoms with Gasteiger partial charge in [0.25, 0.3) is 5.91 Å². The maximum Gasteiger partial charge on any atom is 0.410 e. The van der Waals surface area contributed by atoms with Crippen molar-refractivity contribution in [3.05, 3.63) is 29.1 Å². The third kappa shape index (κ3) is 6.02. The third-order valence-corrected chi connectivity index (χ3v) is 13.6. The molecule has 3 heterocycles. The van der Waals surface area contributed by atoms with E-state index in [9.17, 15) is 9.59 Å². The summed E-state index contributed by atoms with van der Waals surface area (Å²) in [4.78, 5) is 34.4. The van der Waals surface area contributed by atoms with Crippen LogP contribution >= 0.6 is 0 Å². The Kier molecular flexibility index (Phi) is 8.45. The number of morpholine rings is 1. The monoisotopic (exact) mass is 526 g/mol. The fourth-order valence-electron chi connectivity index (χ4n) is 5.52. The van der Waals surface area contributed by atoms with E-state index in [4.69, 9.17) is 15.2 Å². The van der Waals surface area contributed by atoms with Gasteiger partial charge in [-0.3, -0.25) is 4.79 Å². The van der Waals surface area contributed by atoms with E-state index in [-0.39, 0.29) is 12.2 Å². The maximum absolute atomic E-state index is 12.6. The number of aromatic nitrogens is 2. The number of rotatable bonds is 5. The minimum atomic E-state index is -2.05. The van der Waals surface area contributed by atoms with E-state index in [1.165, 1.54) is 6.20 Å². The second-order valence-electron chi connectivity index (χ2n) is 11.8. The number of ether oxygens (including phenoxy) is 2. The first-order chi connectivity index (χ1) is 17.2. The van der Waals surface area contributed by atoms with Gasteiger partial charge in [-0.05, 0) is 43.5 Å². The van der Waals surface area contributed by atoms with Crippen LogP contribution in [0, 0.1) is 11.5 Å². The van der Waals surface area contributed by atoms with Crippen molar-refractivity contribution in [3.63, 3.8) is 0 Å². The summed E-state index contributed by atoms with van der Waals surface area (Å²) in [6, 6.07) is 1.92. The lowest BCUT2D eigenvalue weighted by Gasteiger charge is -2.38. The van der Waals surface area contributed by atoms with Crippen LogP contribution in [0.25, 0.3) is 11.0 Å². The molecule has 1 saturated heterocycles. The van der Waals surface area contributed by atoms with Crippen LogP contribution in [0.5, 0.6) is 0 Å². The molecule has 2 aromatic rings. The molecule has 0 bridgehead atoms. The third-order valence-electron chi connectivity index (χ3n) is 7.28. The molecule has 3 N–H and O–H groups in total. The van der Waals surface area contributed by atoms with Crippen molar-refractivity contribution in [2.24, 2.45) is 5.73 Å². The summed E-state index contributed by atoms with van der Waals surface area (Å²) in [5.41, 5.74) is 12.5. The van der Waals surface area contributed by atoms with Crippen LogP contribution in [0.1, 0.15) is 90.0 Å². The average molecular weight is 527 g/mol. The van der Waals surface area contributed by atoms with Crippen LogP contribution in [0.4, 0.5) is 4.79 Å². The molecule has 0 radical (unpaired) electrons. The van der Waals surface area contributed by atoms with E-state index in [2.05, 4.69) is 63.0 Å². The summed E-state index contributed by atoms with van der Waals surface area (Å²) in [5.74, 6) is 2.86. The Hall–Kier alpha value is -2.83. The standard InChI is InChI=1S/C28H42N4O4Si/c1-17(2)37(18(3)4,19(5)6)13-10-20-21-14-23(31-26(21)30-15-22(20)25(29)33)24-16-32(11-12-35-24)27(34)36-28(7,8)9/h14-15,17-19,24H,11-12,16H2,1-9H3,(H2,29,33)(H,30,31)/t24-/m1/s1. The molecule has 1 aliphatic heterocycles. The first kappa shape index (κ1) is 28.7. The van der Waals surface area contributed by atoms with Crippen LogP contribution in [-0.2, 0) is 9.47 Å². The molecule has 0 spiro atoms. The van der Waals surface area contributed by atoms with Crippen molar-refractivity contribution in [1.29, 1.82) is 0 Å². The zero-order valence-electron chi connectivity index (χ0n) is 23.7. The fraction of sp³-hybridized carbons (Fsp3) is 0.607. The lowest BCUT2D eigenvalue weighted by Crippen LogP contribution is -2.44. The SMILES string of the molecule is CC(C)[Si](C#Cc1c(C(N)=O)cnc2[nH]c([C@H]3CN(C(=O)OC(C)(C)C)CCO3)cc12)(C(C)C)C(C)C. The van der Waals surface area contributed by atoms with E-state index in [0.717, 1.165) is 11.1 Å². The van der Waals surface area contributed by atoms with Gasteiger partial charge in [-0.2, -0.15) is 0 Å². The molecule has 0 saturated carbocycles. The summed E-state index contributed by atoms with van der Waals surface area (Å²) >= 11 is 0. The number of carbonyl (C=O) groups is 2. The molecule has 2 amide bonds. The Morgan fingerprint density at radius 3 is 2.35 bits per heavy atom. The molecule has 1 fully saturated rings. The van der Waals surface area contributed by atoms with Crippen LogP contribution in [0.2, 0.25) is 16.6 Å². The number of primary amides is 1. The van der Waals surface area contributed by atoms with E-state index < -0.39 is 19.6 Å². The predicted molar refractivity (Wildman–Crippen MR) is 149 cm³/mol. The van der Waals surface area contributed by atoms with Crippen LogP contribution < -0.4 is 5.73 Å². The van der Waals surface area contributed by atoms with Crippen molar-refractivity contribution in [3.8, 4) is 11.5 Å². The summed E-state index contributed by atoms with van der Waals surface area (Å²) in [5, 5.41) is 0.732. The second-order valence-corrected chi connectivity index (χ2v) is 17.4. The van der Waals surface area contributed by atoms with Crippen molar-refractivity contribution in [2.75, 3.05) is 19.7 Å². The quantitative estimate of drug-likeness (QED) is 0.393. The first-order valence-corrected chi connectivity index (χ1v) is 15.3. The molecular weight excluding hydrogens is 484 g/mol. The zero-order valence-corrected chi connectivity index (χ0v) is 24.7. The highest BCUT2D eigenvalue weighted by Gasteiger charge is 2.42. The Balaban J connectivity index is 2.06. The highest BCUT2D eigenvalue weighted by Crippen LogP contribution is 2.41. The Morgan fingerprint density at radius 1 is 1.19 bits per heavy atom. The number of nitrogens with one attached hydrogen (secondary N) is 1. The number of aromatic amines is 1. The minimum Gasteiger partial charge on any atom is -0.444 e. The molecule has 202 valence electrons. The van der Waals surface area contributed by atoms with Crippen molar-refractivity contribution >= 4 is 31.1 Å². The Labute approximate surface area is 221 Å². The van der Waals surface area contributed by atoms with Gasteiger partial charge in [0.1, 0.15) is 25.4 Å². The van der Waals surface area contributed by atoms with Crippen LogP contribution in [0.15, 0.2) is 12.3 Å². The van der Waals surface area contributed by atoms with Crippen molar-refractivity contribution in [1.82, 2.24) is 14.9 Å². The number of nitrogens with zero attached hydrogens (tertiary/aromatic N) is 2. The lowest BCUT2D eigenvalue weighted by molar-refractivity contribution is -0.0444. The predicted octanol–water partition coefficient (Wildman–Crippen LogP) is 5.54. The largest absolute Gasteiger partial charge is 0.444 e. The molecule has 2 aromatic heterocycles. The maximum atomic E-state index is 12.6. The average Bonchev–Trinajstić information content (AvgIpc) is 3.22. The highest BCUT2D eigenvalue weighted by atomic mass is 28.3. The van der Waals surface area contributed by atoms with Gasteiger partial charge in [-0.15, -0.1) is 5.54 Å². The number of amides is 2. The molecule has 1 atom stereocenters. The fourth-order valence-corrected chi connectivity index (χ4v) is 10.7. The minimum absolute atomic E-state index is 0.310. The highest BCUT2D eigenvalue weighted by molar-refractivity contribution is 6.90. The summed E-state index contributed by atoms with van der Waals surface area (Å²) in [6.07, 6.45) is 0.742. The summed E-state index contributed by atoms with van der Waals surface area (Å²) in [7, 11) is -2.05. The van der Waals surface area contributed by atoms with E-state index in [1.807, 2.05) is 26.8 Å². The summed E-state index contributed by atoms with van der Waals surface area (Å²) < 4.78 is 11.5. The van der Waals surface area contributed by atoms with Gasteiger partial charge in [0.2, 0.25) is 0 Å². The van der Waals surface area contributed by atoms with Gasteiger partial charge in [-0.25, -0.2) is 9.78 Å². The number of H-pyrrole nitrogens is 1. The molecule has 1 aliphatic rings. The lowest BCUT2D eigenvalue weighted by atomic mass is 10.1.